The second kappa shape index (κ2) is 6.76. The lowest BCUT2D eigenvalue weighted by molar-refractivity contribution is -0.127. The average molecular weight is 216 g/mol. The molecule has 1 rings (SSSR count). The van der Waals surface area contributed by atoms with E-state index in [1.54, 1.807) is 7.11 Å². The summed E-state index contributed by atoms with van der Waals surface area (Å²) in [5.74, 6) is 0.180. The Morgan fingerprint density at radius 2 is 2.27 bits per heavy atom. The quantitative estimate of drug-likeness (QED) is 0.600. The molecule has 88 valence electrons. The first kappa shape index (κ1) is 12.4. The van der Waals surface area contributed by atoms with E-state index in [1.165, 1.54) is 0 Å². The Hall–Kier alpha value is -0.650. The molecule has 1 aliphatic heterocycles. The minimum atomic E-state index is 0.163. The average Bonchev–Trinajstić information content (AvgIpc) is 2.54. The third-order valence-corrected chi connectivity index (χ3v) is 2.46. The molecule has 0 saturated carbocycles. The maximum atomic E-state index is 11.4. The van der Waals surface area contributed by atoms with Crippen molar-refractivity contribution in [3.05, 3.63) is 0 Å². The summed E-state index contributed by atoms with van der Waals surface area (Å²) < 4.78 is 10.2. The van der Waals surface area contributed by atoms with Gasteiger partial charge in [0, 0.05) is 20.3 Å². The molecule has 0 radical (unpaired) electrons. The largest absolute Gasteiger partial charge is 0.382 e. The highest BCUT2D eigenvalue weighted by Crippen LogP contribution is 2.04. The van der Waals surface area contributed by atoms with Crippen LogP contribution in [0.4, 0.5) is 0 Å². The van der Waals surface area contributed by atoms with Gasteiger partial charge in [0.2, 0.25) is 5.91 Å². The van der Waals surface area contributed by atoms with E-state index in [0.29, 0.717) is 26.4 Å². The Balaban J connectivity index is 2.02. The Morgan fingerprint density at radius 3 is 2.87 bits per heavy atom. The molecule has 1 unspecified atom stereocenters. The number of ether oxygens (including phenoxy) is 2. The third kappa shape index (κ3) is 4.15. The molecule has 1 heterocycles. The van der Waals surface area contributed by atoms with E-state index in [2.05, 4.69) is 5.32 Å². The molecule has 1 fully saturated rings. The monoisotopic (exact) mass is 216 g/mol. The smallest absolute Gasteiger partial charge is 0.237 e. The van der Waals surface area contributed by atoms with Crippen molar-refractivity contribution in [3.63, 3.8) is 0 Å². The van der Waals surface area contributed by atoms with Crippen molar-refractivity contribution in [1.82, 2.24) is 10.2 Å². The van der Waals surface area contributed by atoms with Crippen LogP contribution in [0.1, 0.15) is 13.3 Å². The molecule has 1 N–H and O–H groups in total. The number of rotatable bonds is 7. The van der Waals surface area contributed by atoms with E-state index in [9.17, 15) is 4.79 Å². The van der Waals surface area contributed by atoms with Gasteiger partial charge in [-0.05, 0) is 13.3 Å². The van der Waals surface area contributed by atoms with Gasteiger partial charge in [-0.1, -0.05) is 0 Å². The van der Waals surface area contributed by atoms with E-state index in [4.69, 9.17) is 9.47 Å². The van der Waals surface area contributed by atoms with Crippen molar-refractivity contribution in [3.8, 4) is 0 Å². The molecule has 1 aliphatic rings. The van der Waals surface area contributed by atoms with Crippen molar-refractivity contribution in [1.29, 1.82) is 0 Å². The van der Waals surface area contributed by atoms with Gasteiger partial charge in [-0.2, -0.15) is 0 Å². The second-order valence-electron chi connectivity index (χ2n) is 3.60. The molecular weight excluding hydrogens is 196 g/mol. The topological polar surface area (TPSA) is 50.8 Å². The fourth-order valence-corrected chi connectivity index (χ4v) is 1.56. The molecule has 15 heavy (non-hydrogen) atoms. The lowest BCUT2D eigenvalue weighted by Gasteiger charge is -2.20. The zero-order chi connectivity index (χ0) is 11.1. The fraction of sp³-hybridized carbons (Fsp3) is 0.900. The highest BCUT2D eigenvalue weighted by Gasteiger charge is 2.25. The third-order valence-electron chi connectivity index (χ3n) is 2.46. The molecule has 0 bridgehead atoms. The van der Waals surface area contributed by atoms with E-state index >= 15 is 0 Å². The lowest BCUT2D eigenvalue weighted by atomic mass is 10.4. The van der Waals surface area contributed by atoms with Crippen LogP contribution >= 0.6 is 0 Å². The van der Waals surface area contributed by atoms with E-state index < -0.39 is 0 Å². The van der Waals surface area contributed by atoms with Crippen LogP contribution in [0.2, 0.25) is 0 Å². The van der Waals surface area contributed by atoms with Crippen molar-refractivity contribution in [2.24, 2.45) is 0 Å². The first-order valence-corrected chi connectivity index (χ1v) is 5.35. The van der Waals surface area contributed by atoms with Gasteiger partial charge in [-0.25, -0.2) is 0 Å². The van der Waals surface area contributed by atoms with Crippen molar-refractivity contribution in [2.75, 3.05) is 40.0 Å². The first-order valence-electron chi connectivity index (χ1n) is 5.35. The van der Waals surface area contributed by atoms with E-state index in [-0.39, 0.29) is 12.1 Å². The molecule has 0 aromatic heterocycles. The van der Waals surface area contributed by atoms with Gasteiger partial charge >= 0.3 is 0 Å². The predicted molar refractivity (Wildman–Crippen MR) is 56.5 cm³/mol. The van der Waals surface area contributed by atoms with Crippen LogP contribution in [0.15, 0.2) is 0 Å². The van der Waals surface area contributed by atoms with Gasteiger partial charge < -0.3 is 14.4 Å². The molecule has 1 amide bonds. The van der Waals surface area contributed by atoms with Crippen molar-refractivity contribution < 1.29 is 14.3 Å². The van der Waals surface area contributed by atoms with Gasteiger partial charge in [-0.3, -0.25) is 10.1 Å². The molecule has 0 aromatic carbocycles. The van der Waals surface area contributed by atoms with Crippen LogP contribution < -0.4 is 5.32 Å². The molecule has 0 spiro atoms. The molecule has 0 aliphatic carbocycles. The number of amides is 1. The number of nitrogens with one attached hydrogen (secondary N) is 1. The maximum absolute atomic E-state index is 11.4. The van der Waals surface area contributed by atoms with Crippen LogP contribution in [0.25, 0.3) is 0 Å². The fourth-order valence-electron chi connectivity index (χ4n) is 1.56. The highest BCUT2D eigenvalue weighted by atomic mass is 16.5. The standard InChI is InChI=1S/C10H20N2O3/c1-9-11-8-10(13)12(9)4-3-5-15-7-6-14-2/h9,11H,3-8H2,1-2H3. The normalized spacial score (nSPS) is 21.3. The summed E-state index contributed by atoms with van der Waals surface area (Å²) in [6, 6.07) is 0. The molecule has 0 aromatic rings. The van der Waals surface area contributed by atoms with Gasteiger partial charge in [-0.15, -0.1) is 0 Å². The van der Waals surface area contributed by atoms with Crippen LogP contribution in [-0.2, 0) is 14.3 Å². The summed E-state index contributed by atoms with van der Waals surface area (Å²) in [6.45, 7) is 5.15. The zero-order valence-electron chi connectivity index (χ0n) is 9.49. The summed E-state index contributed by atoms with van der Waals surface area (Å²) >= 11 is 0. The number of hydrogen-bond donors (Lipinski definition) is 1. The molecule has 1 atom stereocenters. The molecule has 5 nitrogen and oxygen atoms in total. The predicted octanol–water partition coefficient (Wildman–Crippen LogP) is -0.183. The Kier molecular flexibility index (Phi) is 5.60. The minimum absolute atomic E-state index is 0.163. The number of carbonyl (C=O) groups is 1. The van der Waals surface area contributed by atoms with Crippen LogP contribution in [0.3, 0.4) is 0 Å². The molecular formula is C10H20N2O3. The zero-order valence-corrected chi connectivity index (χ0v) is 9.49. The first-order chi connectivity index (χ1) is 7.25. The lowest BCUT2D eigenvalue weighted by Crippen LogP contribution is -2.35. The number of hydrogen-bond acceptors (Lipinski definition) is 4. The van der Waals surface area contributed by atoms with Crippen LogP contribution in [0, 0.1) is 0 Å². The van der Waals surface area contributed by atoms with Gasteiger partial charge in [0.05, 0.1) is 25.9 Å². The maximum Gasteiger partial charge on any atom is 0.237 e. The summed E-state index contributed by atoms with van der Waals surface area (Å²) in [7, 11) is 1.65. The summed E-state index contributed by atoms with van der Waals surface area (Å²) in [6.07, 6.45) is 1.04. The van der Waals surface area contributed by atoms with E-state index in [0.717, 1.165) is 13.0 Å². The van der Waals surface area contributed by atoms with Gasteiger partial charge in [0.15, 0.2) is 0 Å². The van der Waals surface area contributed by atoms with Crippen LogP contribution in [-0.4, -0.2) is 57.0 Å². The minimum Gasteiger partial charge on any atom is -0.382 e. The summed E-state index contributed by atoms with van der Waals surface area (Å²) in [5.41, 5.74) is 0. The highest BCUT2D eigenvalue weighted by molar-refractivity contribution is 5.80. The molecule has 1 saturated heterocycles. The Morgan fingerprint density at radius 1 is 1.47 bits per heavy atom. The Bertz CT molecular complexity index is 199. The molecule has 5 heteroatoms. The number of nitrogens with zero attached hydrogens (tertiary/aromatic N) is 1. The number of carbonyl (C=O) groups excluding carboxylic acids is 1. The SMILES string of the molecule is COCCOCCCN1C(=O)CNC1C. The second-order valence-corrected chi connectivity index (χ2v) is 3.60. The van der Waals surface area contributed by atoms with Crippen LogP contribution in [0.5, 0.6) is 0 Å². The Labute approximate surface area is 90.7 Å². The number of methoxy groups -OCH3 is 1. The van der Waals surface area contributed by atoms with Crippen molar-refractivity contribution >= 4 is 5.91 Å². The van der Waals surface area contributed by atoms with Crippen molar-refractivity contribution in [2.45, 2.75) is 19.5 Å². The summed E-state index contributed by atoms with van der Waals surface area (Å²) in [5, 5.41) is 3.10. The van der Waals surface area contributed by atoms with Gasteiger partial charge in [0.25, 0.3) is 0 Å². The summed E-state index contributed by atoms with van der Waals surface area (Å²) in [4.78, 5) is 13.2. The van der Waals surface area contributed by atoms with Gasteiger partial charge in [0.1, 0.15) is 0 Å². The van der Waals surface area contributed by atoms with E-state index in [1.807, 2.05) is 11.8 Å².